The van der Waals surface area contributed by atoms with Crippen molar-refractivity contribution in [1.82, 2.24) is 4.90 Å². The molecule has 1 heterocycles. The molecule has 3 rings (SSSR count). The van der Waals surface area contributed by atoms with Crippen molar-refractivity contribution in [3.63, 3.8) is 0 Å². The maximum Gasteiger partial charge on any atom is 0.278 e. The molecule has 0 aromatic heterocycles. The van der Waals surface area contributed by atoms with E-state index in [-0.39, 0.29) is 24.5 Å². The summed E-state index contributed by atoms with van der Waals surface area (Å²) in [6, 6.07) is 16.9. The number of hydrogen-bond acceptors (Lipinski definition) is 5. The Labute approximate surface area is 190 Å². The molecule has 0 spiro atoms. The molecule has 0 saturated heterocycles. The van der Waals surface area contributed by atoms with E-state index < -0.39 is 0 Å². The molecule has 2 amide bonds. The standard InChI is InChI=1S/C26H32N2O4/c1-18(2)17-32-22-13-11-20(12-14-22)23-24(27(5)21-9-7-6-8-10-21)26(30)28(25(23)29)15-16-31-19(3)4/h6-14,18-19H,15-17H2,1-5H3. The molecule has 2 aromatic carbocycles. The van der Waals surface area contributed by atoms with Gasteiger partial charge in [0.1, 0.15) is 11.4 Å². The van der Waals surface area contributed by atoms with Crippen LogP contribution in [0.15, 0.2) is 60.3 Å². The van der Waals surface area contributed by atoms with Crippen LogP contribution >= 0.6 is 0 Å². The van der Waals surface area contributed by atoms with E-state index in [1.165, 1.54) is 4.90 Å². The number of amides is 2. The number of ether oxygens (including phenoxy) is 2. The number of imide groups is 1. The van der Waals surface area contributed by atoms with Crippen molar-refractivity contribution in [1.29, 1.82) is 0 Å². The van der Waals surface area contributed by atoms with E-state index in [1.54, 1.807) is 4.90 Å². The van der Waals surface area contributed by atoms with E-state index in [0.717, 1.165) is 11.4 Å². The van der Waals surface area contributed by atoms with Crippen molar-refractivity contribution < 1.29 is 19.1 Å². The number of benzene rings is 2. The molecular weight excluding hydrogens is 404 g/mol. The lowest BCUT2D eigenvalue weighted by molar-refractivity contribution is -0.138. The van der Waals surface area contributed by atoms with Gasteiger partial charge in [-0.3, -0.25) is 14.5 Å². The number of carbonyl (C=O) groups is 2. The summed E-state index contributed by atoms with van der Waals surface area (Å²) in [5, 5.41) is 0. The van der Waals surface area contributed by atoms with Gasteiger partial charge < -0.3 is 14.4 Å². The van der Waals surface area contributed by atoms with Crippen LogP contribution in [0.1, 0.15) is 33.3 Å². The number of anilines is 1. The van der Waals surface area contributed by atoms with E-state index in [1.807, 2.05) is 75.5 Å². The van der Waals surface area contributed by atoms with Gasteiger partial charge in [0.15, 0.2) is 0 Å². The minimum Gasteiger partial charge on any atom is -0.493 e. The maximum atomic E-state index is 13.4. The van der Waals surface area contributed by atoms with Crippen LogP contribution in [-0.4, -0.2) is 49.6 Å². The number of likely N-dealkylation sites (N-methyl/N-ethyl adjacent to an activating group) is 1. The first-order valence-corrected chi connectivity index (χ1v) is 11.0. The number of carbonyl (C=O) groups excluding carboxylic acids is 2. The second-order valence-corrected chi connectivity index (χ2v) is 8.53. The van der Waals surface area contributed by atoms with Gasteiger partial charge in [-0.05, 0) is 49.6 Å². The smallest absolute Gasteiger partial charge is 0.278 e. The Hall–Kier alpha value is -3.12. The van der Waals surface area contributed by atoms with Crippen LogP contribution in [0.4, 0.5) is 5.69 Å². The molecule has 0 fully saturated rings. The Morgan fingerprint density at radius 3 is 2.16 bits per heavy atom. The summed E-state index contributed by atoms with van der Waals surface area (Å²) in [6.07, 6.45) is 0.0279. The molecule has 1 aliphatic rings. The van der Waals surface area contributed by atoms with Crippen LogP contribution in [0.5, 0.6) is 5.75 Å². The molecule has 170 valence electrons. The summed E-state index contributed by atoms with van der Waals surface area (Å²) in [5.41, 5.74) is 2.27. The maximum absolute atomic E-state index is 13.4. The highest BCUT2D eigenvalue weighted by Crippen LogP contribution is 2.34. The van der Waals surface area contributed by atoms with Crippen LogP contribution < -0.4 is 9.64 Å². The van der Waals surface area contributed by atoms with E-state index in [0.29, 0.717) is 36.0 Å². The second-order valence-electron chi connectivity index (χ2n) is 8.53. The van der Waals surface area contributed by atoms with Crippen molar-refractivity contribution in [3.05, 3.63) is 65.9 Å². The Kier molecular flexibility index (Phi) is 7.70. The first kappa shape index (κ1) is 23.5. The summed E-state index contributed by atoms with van der Waals surface area (Å²) in [7, 11) is 1.81. The summed E-state index contributed by atoms with van der Waals surface area (Å²) >= 11 is 0. The minimum absolute atomic E-state index is 0.0279. The Bertz CT molecular complexity index is 965. The Balaban J connectivity index is 1.95. The fraction of sp³-hybridized carbons (Fsp3) is 0.385. The number of hydrogen-bond donors (Lipinski definition) is 0. The average Bonchev–Trinajstić information content (AvgIpc) is 3.02. The lowest BCUT2D eigenvalue weighted by atomic mass is 10.0. The SMILES string of the molecule is CC(C)COc1ccc(C2=C(N(C)c3ccccc3)C(=O)N(CCOC(C)C)C2=O)cc1. The molecule has 32 heavy (non-hydrogen) atoms. The molecule has 0 atom stereocenters. The third-order valence-corrected chi connectivity index (χ3v) is 5.11. The largest absolute Gasteiger partial charge is 0.493 e. The van der Waals surface area contributed by atoms with Crippen molar-refractivity contribution in [3.8, 4) is 5.75 Å². The molecule has 0 radical (unpaired) electrons. The summed E-state index contributed by atoms with van der Waals surface area (Å²) in [5.74, 6) is 0.527. The summed E-state index contributed by atoms with van der Waals surface area (Å²) < 4.78 is 11.4. The van der Waals surface area contributed by atoms with E-state index in [2.05, 4.69) is 13.8 Å². The number of nitrogens with zero attached hydrogens (tertiary/aromatic N) is 2. The molecule has 6 nitrogen and oxygen atoms in total. The molecule has 1 aliphatic heterocycles. The van der Waals surface area contributed by atoms with Crippen LogP contribution in [-0.2, 0) is 14.3 Å². The molecule has 0 aliphatic carbocycles. The van der Waals surface area contributed by atoms with Crippen LogP contribution in [0.25, 0.3) is 5.57 Å². The van der Waals surface area contributed by atoms with E-state index >= 15 is 0 Å². The fourth-order valence-corrected chi connectivity index (χ4v) is 3.48. The van der Waals surface area contributed by atoms with E-state index in [4.69, 9.17) is 9.47 Å². The molecule has 2 aromatic rings. The summed E-state index contributed by atoms with van der Waals surface area (Å²) in [4.78, 5) is 29.8. The Morgan fingerprint density at radius 2 is 1.56 bits per heavy atom. The first-order chi connectivity index (χ1) is 15.3. The van der Waals surface area contributed by atoms with Gasteiger partial charge in [-0.2, -0.15) is 0 Å². The quantitative estimate of drug-likeness (QED) is 0.518. The predicted molar refractivity (Wildman–Crippen MR) is 126 cm³/mol. The molecule has 0 bridgehead atoms. The first-order valence-electron chi connectivity index (χ1n) is 11.0. The van der Waals surface area contributed by atoms with Crippen molar-refractivity contribution in [2.45, 2.75) is 33.8 Å². The average molecular weight is 437 g/mol. The normalized spacial score (nSPS) is 14.2. The zero-order valence-corrected chi connectivity index (χ0v) is 19.5. The second kappa shape index (κ2) is 10.5. The van der Waals surface area contributed by atoms with Gasteiger partial charge in [-0.1, -0.05) is 44.2 Å². The third kappa shape index (κ3) is 5.37. The molecule has 0 unspecified atom stereocenters. The van der Waals surface area contributed by atoms with Crippen LogP contribution in [0.3, 0.4) is 0 Å². The van der Waals surface area contributed by atoms with Gasteiger partial charge in [0.05, 0.1) is 31.4 Å². The zero-order chi connectivity index (χ0) is 23.3. The van der Waals surface area contributed by atoms with Gasteiger partial charge >= 0.3 is 0 Å². The van der Waals surface area contributed by atoms with Gasteiger partial charge in [-0.15, -0.1) is 0 Å². The minimum atomic E-state index is -0.316. The topological polar surface area (TPSA) is 59.1 Å². The van der Waals surface area contributed by atoms with Crippen LogP contribution in [0.2, 0.25) is 0 Å². The lowest BCUT2D eigenvalue weighted by Crippen LogP contribution is -2.37. The fourth-order valence-electron chi connectivity index (χ4n) is 3.48. The van der Waals surface area contributed by atoms with Gasteiger partial charge in [0, 0.05) is 12.7 Å². The van der Waals surface area contributed by atoms with E-state index in [9.17, 15) is 9.59 Å². The van der Waals surface area contributed by atoms with Gasteiger partial charge in [0.25, 0.3) is 11.8 Å². The Morgan fingerprint density at radius 1 is 0.906 bits per heavy atom. The van der Waals surface area contributed by atoms with Crippen molar-refractivity contribution in [2.24, 2.45) is 5.92 Å². The van der Waals surface area contributed by atoms with Gasteiger partial charge in [-0.25, -0.2) is 0 Å². The van der Waals surface area contributed by atoms with Crippen LogP contribution in [0, 0.1) is 5.92 Å². The number of rotatable bonds is 10. The highest BCUT2D eigenvalue weighted by molar-refractivity contribution is 6.36. The number of para-hydroxylation sites is 1. The molecule has 0 N–H and O–H groups in total. The third-order valence-electron chi connectivity index (χ3n) is 5.11. The highest BCUT2D eigenvalue weighted by Gasteiger charge is 2.40. The monoisotopic (exact) mass is 436 g/mol. The summed E-state index contributed by atoms with van der Waals surface area (Å²) in [6.45, 7) is 9.15. The van der Waals surface area contributed by atoms with Crippen molar-refractivity contribution in [2.75, 3.05) is 31.7 Å². The van der Waals surface area contributed by atoms with Gasteiger partial charge in [0.2, 0.25) is 0 Å². The van der Waals surface area contributed by atoms with Crippen molar-refractivity contribution >= 4 is 23.1 Å². The highest BCUT2D eigenvalue weighted by atomic mass is 16.5. The predicted octanol–water partition coefficient (Wildman–Crippen LogP) is 4.36. The lowest BCUT2D eigenvalue weighted by Gasteiger charge is -2.21. The molecular formula is C26H32N2O4. The zero-order valence-electron chi connectivity index (χ0n) is 19.5. The molecule has 0 saturated carbocycles. The molecule has 6 heteroatoms.